The Labute approximate surface area is 188 Å². The lowest BCUT2D eigenvalue weighted by atomic mass is 9.92. The van der Waals surface area contributed by atoms with Gasteiger partial charge in [0.2, 0.25) is 0 Å². The van der Waals surface area contributed by atoms with Crippen LogP contribution in [-0.2, 0) is 9.53 Å². The Hall–Kier alpha value is -3.20. The third-order valence-corrected chi connectivity index (χ3v) is 5.49. The van der Waals surface area contributed by atoms with E-state index in [2.05, 4.69) is 26.6 Å². The van der Waals surface area contributed by atoms with Gasteiger partial charge in [-0.2, -0.15) is 0 Å². The Balaban J connectivity index is 2.22. The normalized spacial score (nSPS) is 15.9. The molecule has 2 amide bonds. The summed E-state index contributed by atoms with van der Waals surface area (Å²) in [6, 6.07) is 8.76. The number of carbonyl (C=O) groups excluding carboxylic acids is 2. The minimum absolute atomic E-state index is 0.143. The molecule has 3 N–H and O–H groups in total. The van der Waals surface area contributed by atoms with Crippen LogP contribution in [0.2, 0.25) is 0 Å². The van der Waals surface area contributed by atoms with Crippen LogP contribution in [0.15, 0.2) is 46.4 Å². The fourth-order valence-electron chi connectivity index (χ4n) is 3.23. The summed E-state index contributed by atoms with van der Waals surface area (Å²) in [5.41, 5.74) is 1.58. The maximum atomic E-state index is 13.1. The first-order chi connectivity index (χ1) is 14.8. The molecule has 1 unspecified atom stereocenters. The van der Waals surface area contributed by atoms with E-state index in [0.29, 0.717) is 27.0 Å². The van der Waals surface area contributed by atoms with Gasteiger partial charge in [-0.25, -0.2) is 9.59 Å². The molecule has 164 valence electrons. The van der Waals surface area contributed by atoms with Crippen LogP contribution in [0.25, 0.3) is 5.70 Å². The average Bonchev–Trinajstić information content (AvgIpc) is 2.74. The average molecular weight is 491 g/mol. The van der Waals surface area contributed by atoms with E-state index in [1.165, 1.54) is 7.11 Å². The highest BCUT2D eigenvalue weighted by Gasteiger charge is 2.36. The van der Waals surface area contributed by atoms with Crippen LogP contribution in [0.4, 0.5) is 4.79 Å². The number of hydrogen-bond donors (Lipinski definition) is 3. The number of ether oxygens (including phenoxy) is 3. The molecule has 0 radical (unpaired) electrons. The molecule has 3 rings (SSSR count). The number of methoxy groups -OCH3 is 2. The first-order valence-electron chi connectivity index (χ1n) is 9.49. The highest BCUT2D eigenvalue weighted by atomic mass is 79.9. The smallest absolute Gasteiger partial charge is 0.338 e. The summed E-state index contributed by atoms with van der Waals surface area (Å²) in [4.78, 5) is 25.7. The van der Waals surface area contributed by atoms with Crippen LogP contribution in [0.3, 0.4) is 0 Å². The number of rotatable bonds is 6. The van der Waals surface area contributed by atoms with E-state index in [0.717, 1.165) is 0 Å². The van der Waals surface area contributed by atoms with Crippen molar-refractivity contribution in [2.45, 2.75) is 26.0 Å². The third kappa shape index (κ3) is 4.61. The number of phenolic OH excluding ortho intramolecular Hbond substituents is 1. The molecule has 31 heavy (non-hydrogen) atoms. The zero-order valence-electron chi connectivity index (χ0n) is 17.5. The zero-order valence-corrected chi connectivity index (χ0v) is 19.1. The van der Waals surface area contributed by atoms with Crippen LogP contribution in [0, 0.1) is 0 Å². The monoisotopic (exact) mass is 490 g/mol. The van der Waals surface area contributed by atoms with Crippen LogP contribution in [0.1, 0.15) is 31.0 Å². The van der Waals surface area contributed by atoms with Crippen LogP contribution < -0.4 is 20.1 Å². The van der Waals surface area contributed by atoms with E-state index in [4.69, 9.17) is 14.2 Å². The second kappa shape index (κ2) is 9.30. The van der Waals surface area contributed by atoms with E-state index in [1.807, 2.05) is 0 Å². The topological polar surface area (TPSA) is 106 Å². The van der Waals surface area contributed by atoms with Gasteiger partial charge >= 0.3 is 12.0 Å². The highest BCUT2D eigenvalue weighted by Crippen LogP contribution is 2.42. The van der Waals surface area contributed by atoms with Crippen LogP contribution in [0.5, 0.6) is 17.2 Å². The van der Waals surface area contributed by atoms with Crippen molar-refractivity contribution in [3.8, 4) is 17.2 Å². The van der Waals surface area contributed by atoms with Gasteiger partial charge in [0.25, 0.3) is 0 Å². The molecule has 8 nitrogen and oxygen atoms in total. The number of benzene rings is 2. The van der Waals surface area contributed by atoms with E-state index in [1.54, 1.807) is 57.4 Å². The number of esters is 1. The van der Waals surface area contributed by atoms with Gasteiger partial charge < -0.3 is 30.0 Å². The van der Waals surface area contributed by atoms with Gasteiger partial charge in [0, 0.05) is 0 Å². The molecule has 0 aliphatic carbocycles. The molecule has 0 aromatic heterocycles. The minimum atomic E-state index is -0.886. The molecular formula is C22H23BrN2O6. The van der Waals surface area contributed by atoms with E-state index in [9.17, 15) is 14.7 Å². The third-order valence-electron chi connectivity index (χ3n) is 4.65. The summed E-state index contributed by atoms with van der Waals surface area (Å²) >= 11 is 3.36. The Morgan fingerprint density at radius 3 is 2.35 bits per heavy atom. The first kappa shape index (κ1) is 22.5. The zero-order chi connectivity index (χ0) is 22.7. The van der Waals surface area contributed by atoms with E-state index < -0.39 is 18.0 Å². The maximum Gasteiger partial charge on any atom is 0.338 e. The summed E-state index contributed by atoms with van der Waals surface area (Å²) in [7, 11) is 2.98. The molecule has 0 saturated carbocycles. The number of carbonyl (C=O) groups is 2. The first-order valence-corrected chi connectivity index (χ1v) is 10.3. The van der Waals surface area contributed by atoms with Crippen molar-refractivity contribution in [2.24, 2.45) is 0 Å². The number of aromatic hydroxyl groups is 1. The molecule has 1 aliphatic heterocycles. The number of amides is 2. The van der Waals surface area contributed by atoms with Crippen molar-refractivity contribution in [1.29, 1.82) is 0 Å². The molecule has 1 aliphatic rings. The van der Waals surface area contributed by atoms with E-state index >= 15 is 0 Å². The fraction of sp³-hybridized carbons (Fsp3) is 0.273. The minimum Gasteiger partial charge on any atom is -0.503 e. The van der Waals surface area contributed by atoms with Gasteiger partial charge in [-0.05, 0) is 71.2 Å². The Kier molecular flexibility index (Phi) is 6.74. The lowest BCUT2D eigenvalue weighted by Gasteiger charge is -2.30. The van der Waals surface area contributed by atoms with Gasteiger partial charge in [-0.1, -0.05) is 6.07 Å². The predicted octanol–water partition coefficient (Wildman–Crippen LogP) is 3.89. The molecule has 2 aromatic carbocycles. The van der Waals surface area contributed by atoms with Crippen molar-refractivity contribution in [3.63, 3.8) is 0 Å². The van der Waals surface area contributed by atoms with Gasteiger partial charge in [0.15, 0.2) is 11.5 Å². The van der Waals surface area contributed by atoms with Gasteiger partial charge in [0.05, 0.1) is 42.1 Å². The standard InChI is InChI=1S/C22H23BrN2O6/c1-11(2)31-21(27)16-18(12-5-7-13(29-3)8-6-12)24-22(28)25-19(16)14-9-10-15(30-4)20(26)17(14)23/h5-11,19,26H,1-4H3,(H2,24,25,28). The molecule has 9 heteroatoms. The Bertz CT molecular complexity index is 1030. The molecule has 2 aromatic rings. The van der Waals surface area contributed by atoms with Gasteiger partial charge in [0.1, 0.15) is 5.75 Å². The second-order valence-electron chi connectivity index (χ2n) is 7.02. The van der Waals surface area contributed by atoms with Crippen molar-refractivity contribution >= 4 is 33.6 Å². The molecule has 0 spiro atoms. The fourth-order valence-corrected chi connectivity index (χ4v) is 3.79. The molecule has 0 saturated heterocycles. The lowest BCUT2D eigenvalue weighted by molar-refractivity contribution is -0.143. The molecule has 1 atom stereocenters. The van der Waals surface area contributed by atoms with Crippen LogP contribution in [-0.4, -0.2) is 37.4 Å². The van der Waals surface area contributed by atoms with Crippen molar-refractivity contribution in [1.82, 2.24) is 10.6 Å². The number of hydrogen-bond acceptors (Lipinski definition) is 6. The SMILES string of the molecule is COc1ccc(C2=C(C(=O)OC(C)C)C(c3ccc(OC)c(O)c3Br)NC(=O)N2)cc1. The number of halogens is 1. The molecule has 0 bridgehead atoms. The second-order valence-corrected chi connectivity index (χ2v) is 7.82. The van der Waals surface area contributed by atoms with E-state index in [-0.39, 0.29) is 23.2 Å². The molecular weight excluding hydrogens is 468 g/mol. The van der Waals surface area contributed by atoms with Gasteiger partial charge in [-0.15, -0.1) is 0 Å². The van der Waals surface area contributed by atoms with Gasteiger partial charge in [-0.3, -0.25) is 0 Å². The maximum absolute atomic E-state index is 13.1. The Morgan fingerprint density at radius 1 is 1.10 bits per heavy atom. The predicted molar refractivity (Wildman–Crippen MR) is 118 cm³/mol. The number of urea groups is 1. The summed E-state index contributed by atoms with van der Waals surface area (Å²) < 4.78 is 16.1. The lowest BCUT2D eigenvalue weighted by Crippen LogP contribution is -2.45. The molecule has 0 fully saturated rings. The number of nitrogens with one attached hydrogen (secondary N) is 2. The summed E-state index contributed by atoms with van der Waals surface area (Å²) in [5, 5.41) is 15.9. The molecule has 1 heterocycles. The van der Waals surface area contributed by atoms with Crippen LogP contribution >= 0.6 is 15.9 Å². The largest absolute Gasteiger partial charge is 0.503 e. The number of phenols is 1. The highest BCUT2D eigenvalue weighted by molar-refractivity contribution is 9.10. The summed E-state index contributed by atoms with van der Waals surface area (Å²) in [6.45, 7) is 3.48. The summed E-state index contributed by atoms with van der Waals surface area (Å²) in [6.07, 6.45) is -0.372. The van der Waals surface area contributed by atoms with Crippen molar-refractivity contribution < 1.29 is 28.9 Å². The van der Waals surface area contributed by atoms with Crippen molar-refractivity contribution in [3.05, 3.63) is 57.6 Å². The van der Waals surface area contributed by atoms with Crippen molar-refractivity contribution in [2.75, 3.05) is 14.2 Å². The summed E-state index contributed by atoms with van der Waals surface area (Å²) in [5.74, 6) is 0.146. The Morgan fingerprint density at radius 2 is 1.77 bits per heavy atom. The quantitative estimate of drug-likeness (QED) is 0.530.